The zero-order valence-corrected chi connectivity index (χ0v) is 12.8. The predicted molar refractivity (Wildman–Crippen MR) is 85.0 cm³/mol. The van der Waals surface area contributed by atoms with Crippen molar-refractivity contribution in [1.29, 1.82) is 0 Å². The molecule has 1 aliphatic carbocycles. The lowest BCUT2D eigenvalue weighted by molar-refractivity contribution is -0.136. The summed E-state index contributed by atoms with van der Waals surface area (Å²) in [5.41, 5.74) is 3.27. The van der Waals surface area contributed by atoms with E-state index in [9.17, 15) is 9.59 Å². The number of benzene rings is 1. The molecule has 0 spiro atoms. The van der Waals surface area contributed by atoms with Gasteiger partial charge in [0.15, 0.2) is 6.29 Å². The Morgan fingerprint density at radius 3 is 2.86 bits per heavy atom. The summed E-state index contributed by atoms with van der Waals surface area (Å²) in [6.45, 7) is 0. The average Bonchev–Trinajstić information content (AvgIpc) is 2.86. The molecule has 114 valence electrons. The summed E-state index contributed by atoms with van der Waals surface area (Å²) in [6, 6.07) is 7.93. The van der Waals surface area contributed by atoms with Crippen molar-refractivity contribution in [3.8, 4) is 0 Å². The van der Waals surface area contributed by atoms with Gasteiger partial charge in [0.25, 0.3) is 0 Å². The number of rotatable bonds is 3. The van der Waals surface area contributed by atoms with Gasteiger partial charge in [0.2, 0.25) is 0 Å². The van der Waals surface area contributed by atoms with Crippen LogP contribution in [0.25, 0.3) is 10.9 Å². The maximum Gasteiger partial charge on any atom is 0.334 e. The van der Waals surface area contributed by atoms with Crippen LogP contribution in [-0.2, 0) is 16.6 Å². The van der Waals surface area contributed by atoms with Crippen LogP contribution in [-0.4, -0.2) is 23.9 Å². The number of aromatic nitrogens is 1. The lowest BCUT2D eigenvalue weighted by Crippen LogP contribution is -2.17. The Kier molecular flexibility index (Phi) is 3.84. The van der Waals surface area contributed by atoms with Gasteiger partial charge in [-0.1, -0.05) is 24.3 Å². The highest BCUT2D eigenvalue weighted by Crippen LogP contribution is 2.40. The van der Waals surface area contributed by atoms with Crippen LogP contribution >= 0.6 is 0 Å². The topological polar surface area (TPSA) is 48.3 Å². The standard InChI is InChI=1S/C18H19NO3/c1-19-15-10-6-5-9-14(15)17(16(19)11-20)12-7-3-4-8-13(12)18(21)22-2/h5-6,8-12H,3-4,7H2,1-2H3. The SMILES string of the molecule is COC(=O)C1=CCCCC1c1c(C=O)n(C)c2ccccc12. The minimum atomic E-state index is -0.297. The Morgan fingerprint density at radius 2 is 2.14 bits per heavy atom. The number of aldehydes is 1. The molecule has 0 saturated heterocycles. The molecule has 0 fully saturated rings. The first-order valence-corrected chi connectivity index (χ1v) is 7.50. The van der Waals surface area contributed by atoms with E-state index < -0.39 is 0 Å². The Balaban J connectivity index is 2.24. The van der Waals surface area contributed by atoms with Gasteiger partial charge in [-0.25, -0.2) is 4.79 Å². The zero-order valence-electron chi connectivity index (χ0n) is 12.8. The molecule has 0 aliphatic heterocycles. The normalized spacial score (nSPS) is 18.1. The molecule has 4 heteroatoms. The highest BCUT2D eigenvalue weighted by atomic mass is 16.5. The summed E-state index contributed by atoms with van der Waals surface area (Å²) in [7, 11) is 3.29. The summed E-state index contributed by atoms with van der Waals surface area (Å²) < 4.78 is 6.84. The van der Waals surface area contributed by atoms with Gasteiger partial charge in [-0.2, -0.15) is 0 Å². The molecule has 22 heavy (non-hydrogen) atoms. The first-order valence-electron chi connectivity index (χ1n) is 7.50. The summed E-state index contributed by atoms with van der Waals surface area (Å²) in [5.74, 6) is -0.373. The van der Waals surface area contributed by atoms with E-state index in [2.05, 4.69) is 0 Å². The van der Waals surface area contributed by atoms with Gasteiger partial charge >= 0.3 is 5.97 Å². The molecule has 0 bridgehead atoms. The Labute approximate surface area is 129 Å². The fourth-order valence-electron chi connectivity index (χ4n) is 3.47. The molecule has 1 heterocycles. The highest BCUT2D eigenvalue weighted by Gasteiger charge is 2.30. The van der Waals surface area contributed by atoms with Crippen molar-refractivity contribution in [1.82, 2.24) is 4.57 Å². The molecule has 0 radical (unpaired) electrons. The molecule has 2 aromatic rings. The maximum atomic E-state index is 12.1. The van der Waals surface area contributed by atoms with Crippen molar-refractivity contribution in [3.05, 3.63) is 47.2 Å². The first-order chi connectivity index (χ1) is 10.7. The van der Waals surface area contributed by atoms with Gasteiger partial charge in [0.1, 0.15) is 0 Å². The second-order valence-electron chi connectivity index (χ2n) is 5.63. The number of carbonyl (C=O) groups is 2. The van der Waals surface area contributed by atoms with Crippen molar-refractivity contribution in [2.75, 3.05) is 7.11 Å². The minimum absolute atomic E-state index is 0.0764. The molecule has 0 amide bonds. The van der Waals surface area contributed by atoms with E-state index in [0.29, 0.717) is 11.3 Å². The van der Waals surface area contributed by atoms with Crippen molar-refractivity contribution in [2.24, 2.45) is 7.05 Å². The van der Waals surface area contributed by atoms with Crippen LogP contribution in [0.15, 0.2) is 35.9 Å². The average molecular weight is 297 g/mol. The van der Waals surface area contributed by atoms with Gasteiger partial charge in [0, 0.05) is 29.4 Å². The smallest absolute Gasteiger partial charge is 0.334 e. The number of carbonyl (C=O) groups excluding carboxylic acids is 2. The lowest BCUT2D eigenvalue weighted by Gasteiger charge is -2.23. The van der Waals surface area contributed by atoms with Crippen LogP contribution in [0.3, 0.4) is 0 Å². The number of methoxy groups -OCH3 is 1. The summed E-state index contributed by atoms with van der Waals surface area (Å²) >= 11 is 0. The number of ether oxygens (including phenoxy) is 1. The van der Waals surface area contributed by atoms with Gasteiger partial charge in [-0.05, 0) is 30.9 Å². The molecule has 1 aromatic carbocycles. The number of hydrogen-bond acceptors (Lipinski definition) is 3. The number of esters is 1. The molecule has 0 saturated carbocycles. The summed E-state index contributed by atoms with van der Waals surface area (Å²) in [4.78, 5) is 23.8. The second-order valence-corrected chi connectivity index (χ2v) is 5.63. The molecule has 0 N–H and O–H groups in total. The molecule has 3 rings (SSSR count). The maximum absolute atomic E-state index is 12.1. The largest absolute Gasteiger partial charge is 0.466 e. The number of fused-ring (bicyclic) bond motifs is 1. The molecule has 4 nitrogen and oxygen atoms in total. The van der Waals surface area contributed by atoms with E-state index in [1.54, 1.807) is 0 Å². The molecule has 1 aliphatic rings. The van der Waals surface area contributed by atoms with Crippen LogP contribution in [0.1, 0.15) is 41.2 Å². The van der Waals surface area contributed by atoms with Gasteiger partial charge < -0.3 is 9.30 Å². The fourth-order valence-corrected chi connectivity index (χ4v) is 3.47. The van der Waals surface area contributed by atoms with E-state index in [4.69, 9.17) is 4.74 Å². The second kappa shape index (κ2) is 5.79. The zero-order chi connectivity index (χ0) is 15.7. The van der Waals surface area contributed by atoms with Crippen LogP contribution in [0, 0.1) is 0 Å². The van der Waals surface area contributed by atoms with E-state index in [1.165, 1.54) is 7.11 Å². The highest BCUT2D eigenvalue weighted by molar-refractivity contribution is 5.97. The summed E-state index contributed by atoms with van der Waals surface area (Å²) in [6.07, 6.45) is 5.58. The Hall–Kier alpha value is -2.36. The molecule has 1 aromatic heterocycles. The third kappa shape index (κ3) is 2.15. The van der Waals surface area contributed by atoms with Crippen LogP contribution < -0.4 is 0 Å². The molecular weight excluding hydrogens is 278 g/mol. The Bertz CT molecular complexity index is 770. The lowest BCUT2D eigenvalue weighted by atomic mass is 9.81. The van der Waals surface area contributed by atoms with E-state index >= 15 is 0 Å². The molecule has 1 atom stereocenters. The fraction of sp³-hybridized carbons (Fsp3) is 0.333. The van der Waals surface area contributed by atoms with Crippen molar-refractivity contribution >= 4 is 23.2 Å². The third-order valence-corrected chi connectivity index (χ3v) is 4.51. The predicted octanol–water partition coefficient (Wildman–Crippen LogP) is 3.36. The van der Waals surface area contributed by atoms with Crippen LogP contribution in [0.2, 0.25) is 0 Å². The quantitative estimate of drug-likeness (QED) is 0.644. The van der Waals surface area contributed by atoms with Crippen LogP contribution in [0.5, 0.6) is 0 Å². The third-order valence-electron chi connectivity index (χ3n) is 4.51. The van der Waals surface area contributed by atoms with E-state index in [-0.39, 0.29) is 11.9 Å². The van der Waals surface area contributed by atoms with Crippen molar-refractivity contribution in [2.45, 2.75) is 25.2 Å². The van der Waals surface area contributed by atoms with E-state index in [0.717, 1.165) is 42.0 Å². The number of nitrogens with zero attached hydrogens (tertiary/aromatic N) is 1. The van der Waals surface area contributed by atoms with Gasteiger partial charge in [0.05, 0.1) is 12.8 Å². The Morgan fingerprint density at radius 1 is 1.36 bits per heavy atom. The van der Waals surface area contributed by atoms with E-state index in [1.807, 2.05) is 42.0 Å². The summed E-state index contributed by atoms with van der Waals surface area (Å²) in [5, 5.41) is 1.04. The number of para-hydroxylation sites is 1. The molecule has 1 unspecified atom stereocenters. The number of hydrogen-bond donors (Lipinski definition) is 0. The van der Waals surface area contributed by atoms with Gasteiger partial charge in [-0.15, -0.1) is 0 Å². The minimum Gasteiger partial charge on any atom is -0.466 e. The monoisotopic (exact) mass is 297 g/mol. The van der Waals surface area contributed by atoms with Crippen molar-refractivity contribution < 1.29 is 14.3 Å². The number of allylic oxidation sites excluding steroid dienone is 1. The number of aryl methyl sites for hydroxylation is 1. The molecular formula is C18H19NO3. The van der Waals surface area contributed by atoms with Crippen molar-refractivity contribution in [3.63, 3.8) is 0 Å². The van der Waals surface area contributed by atoms with Crippen LogP contribution in [0.4, 0.5) is 0 Å². The first kappa shape index (κ1) is 14.6. The van der Waals surface area contributed by atoms with Gasteiger partial charge in [-0.3, -0.25) is 4.79 Å².